The summed E-state index contributed by atoms with van der Waals surface area (Å²) in [6.45, 7) is -0.135. The Morgan fingerprint density at radius 2 is 2.12 bits per heavy atom. The van der Waals surface area contributed by atoms with Crippen molar-refractivity contribution in [3.05, 3.63) is 17.2 Å². The number of nitrogen functional groups attached to an aromatic ring is 1. The number of halogens is 3. The monoisotopic (exact) mass is 232 g/mol. The first-order valence-electron chi connectivity index (χ1n) is 4.02. The van der Waals surface area contributed by atoms with Gasteiger partial charge in [0.05, 0.1) is 0 Å². The molecule has 0 saturated heterocycles. The van der Waals surface area contributed by atoms with Crippen LogP contribution in [0.3, 0.4) is 0 Å². The molecule has 0 spiro atoms. The molecule has 8 heteroatoms. The van der Waals surface area contributed by atoms with Crippen molar-refractivity contribution in [2.24, 2.45) is 5.73 Å². The molecule has 5 nitrogen and oxygen atoms in total. The van der Waals surface area contributed by atoms with Crippen LogP contribution in [-0.4, -0.2) is 11.3 Å². The maximum atomic E-state index is 12.0. The lowest BCUT2D eigenvalue weighted by molar-refractivity contribution is -0.276. The molecular weight excluding hydrogens is 225 g/mol. The van der Waals surface area contributed by atoms with Gasteiger partial charge in [-0.25, -0.2) is 0 Å². The number of hydrogen-bond acceptors (Lipinski definition) is 5. The molecule has 1 rings (SSSR count). The van der Waals surface area contributed by atoms with Gasteiger partial charge in [-0.3, -0.25) is 0 Å². The van der Waals surface area contributed by atoms with E-state index in [0.29, 0.717) is 0 Å². The van der Waals surface area contributed by atoms with Gasteiger partial charge in [-0.15, -0.1) is 13.2 Å². The molecule has 0 aliphatic rings. The Hall–Kier alpha value is -2.01. The second-order valence-electron chi connectivity index (χ2n) is 2.75. The minimum absolute atomic E-state index is 0.135. The lowest BCUT2D eigenvalue weighted by Crippen LogP contribution is -2.20. The standard InChI is InChI=1S/C8H7F3N4O/c9-8(10,11)16-7-5(3-13)4(2-12)1-6(14)15-7/h1H,2,12H2,(H2,14,15). The highest BCUT2D eigenvalue weighted by Crippen LogP contribution is 2.27. The van der Waals surface area contributed by atoms with Gasteiger partial charge in [-0.1, -0.05) is 0 Å². The number of nitriles is 1. The van der Waals surface area contributed by atoms with Crippen molar-refractivity contribution in [2.75, 3.05) is 5.73 Å². The first-order valence-corrected chi connectivity index (χ1v) is 4.02. The molecule has 16 heavy (non-hydrogen) atoms. The zero-order valence-corrected chi connectivity index (χ0v) is 7.88. The van der Waals surface area contributed by atoms with Gasteiger partial charge in [0.25, 0.3) is 0 Å². The summed E-state index contributed by atoms with van der Waals surface area (Å²) in [5.41, 5.74) is 10.3. The smallest absolute Gasteiger partial charge is 0.386 e. The van der Waals surface area contributed by atoms with Crippen LogP contribution >= 0.6 is 0 Å². The van der Waals surface area contributed by atoms with Crippen molar-refractivity contribution >= 4 is 5.82 Å². The molecule has 0 aliphatic carbocycles. The van der Waals surface area contributed by atoms with E-state index in [9.17, 15) is 13.2 Å². The Balaban J connectivity index is 3.27. The molecule has 0 saturated carbocycles. The Morgan fingerprint density at radius 3 is 2.56 bits per heavy atom. The average molecular weight is 232 g/mol. The van der Waals surface area contributed by atoms with Crippen LogP contribution < -0.4 is 16.2 Å². The van der Waals surface area contributed by atoms with Gasteiger partial charge in [0, 0.05) is 6.54 Å². The van der Waals surface area contributed by atoms with Crippen LogP contribution in [0.25, 0.3) is 0 Å². The average Bonchev–Trinajstić information content (AvgIpc) is 2.14. The normalized spacial score (nSPS) is 10.9. The largest absolute Gasteiger partial charge is 0.574 e. The lowest BCUT2D eigenvalue weighted by Gasteiger charge is -2.11. The highest BCUT2D eigenvalue weighted by molar-refractivity contribution is 5.50. The zero-order valence-electron chi connectivity index (χ0n) is 7.88. The third-order valence-electron chi connectivity index (χ3n) is 1.63. The minimum Gasteiger partial charge on any atom is -0.386 e. The van der Waals surface area contributed by atoms with Crippen LogP contribution in [0.2, 0.25) is 0 Å². The van der Waals surface area contributed by atoms with Gasteiger partial charge < -0.3 is 16.2 Å². The van der Waals surface area contributed by atoms with E-state index in [2.05, 4.69) is 9.72 Å². The Morgan fingerprint density at radius 1 is 1.50 bits per heavy atom. The molecule has 1 aromatic heterocycles. The van der Waals surface area contributed by atoms with Gasteiger partial charge >= 0.3 is 6.36 Å². The highest BCUT2D eigenvalue weighted by atomic mass is 19.4. The van der Waals surface area contributed by atoms with E-state index >= 15 is 0 Å². The summed E-state index contributed by atoms with van der Waals surface area (Å²) < 4.78 is 39.5. The molecule has 1 heterocycles. The van der Waals surface area contributed by atoms with Crippen LogP contribution in [0.15, 0.2) is 6.07 Å². The third-order valence-corrected chi connectivity index (χ3v) is 1.63. The highest BCUT2D eigenvalue weighted by Gasteiger charge is 2.33. The van der Waals surface area contributed by atoms with Crippen LogP contribution in [0.5, 0.6) is 5.88 Å². The quantitative estimate of drug-likeness (QED) is 0.789. The number of aromatic nitrogens is 1. The maximum Gasteiger partial charge on any atom is 0.574 e. The number of hydrogen-bond donors (Lipinski definition) is 2. The molecule has 0 aliphatic heterocycles. The Kier molecular flexibility index (Phi) is 3.20. The van der Waals surface area contributed by atoms with E-state index in [4.69, 9.17) is 16.7 Å². The number of ether oxygens (including phenoxy) is 1. The molecule has 1 aromatic rings. The summed E-state index contributed by atoms with van der Waals surface area (Å²) in [5.74, 6) is -1.07. The SMILES string of the molecule is N#Cc1c(CN)cc(N)nc1OC(F)(F)F. The molecule has 0 amide bonds. The molecule has 0 bridgehead atoms. The predicted molar refractivity (Wildman–Crippen MR) is 47.9 cm³/mol. The Bertz CT molecular complexity index is 438. The first-order chi connectivity index (χ1) is 7.37. The van der Waals surface area contributed by atoms with Crippen LogP contribution in [0.4, 0.5) is 19.0 Å². The summed E-state index contributed by atoms with van der Waals surface area (Å²) >= 11 is 0. The van der Waals surface area contributed by atoms with E-state index in [0.717, 1.165) is 0 Å². The molecule has 0 unspecified atom stereocenters. The zero-order chi connectivity index (χ0) is 12.3. The summed E-state index contributed by atoms with van der Waals surface area (Å²) in [7, 11) is 0. The van der Waals surface area contributed by atoms with Crippen molar-refractivity contribution in [1.29, 1.82) is 5.26 Å². The molecule has 4 N–H and O–H groups in total. The second-order valence-corrected chi connectivity index (χ2v) is 2.75. The van der Waals surface area contributed by atoms with E-state index in [1.807, 2.05) is 0 Å². The summed E-state index contributed by atoms with van der Waals surface area (Å²) in [6, 6.07) is 2.77. The van der Waals surface area contributed by atoms with E-state index < -0.39 is 12.2 Å². The fraction of sp³-hybridized carbons (Fsp3) is 0.250. The van der Waals surface area contributed by atoms with Gasteiger partial charge in [0.2, 0.25) is 5.88 Å². The van der Waals surface area contributed by atoms with Gasteiger partial charge in [0.1, 0.15) is 17.5 Å². The van der Waals surface area contributed by atoms with Crippen molar-refractivity contribution in [1.82, 2.24) is 4.98 Å². The minimum atomic E-state index is -4.93. The number of nitrogens with two attached hydrogens (primary N) is 2. The summed E-state index contributed by atoms with van der Waals surface area (Å²) in [4.78, 5) is 3.30. The molecule has 0 fully saturated rings. The number of rotatable bonds is 2. The van der Waals surface area contributed by atoms with Gasteiger partial charge in [0.15, 0.2) is 0 Å². The third kappa shape index (κ3) is 2.74. The molecule has 0 atom stereocenters. The van der Waals surface area contributed by atoms with Gasteiger partial charge in [-0.2, -0.15) is 10.2 Å². The predicted octanol–water partition coefficient (Wildman–Crippen LogP) is 0.893. The number of nitrogens with zero attached hydrogens (tertiary/aromatic N) is 2. The fourth-order valence-electron chi connectivity index (χ4n) is 1.06. The number of pyridine rings is 1. The number of alkyl halides is 3. The van der Waals surface area contributed by atoms with E-state index in [1.165, 1.54) is 6.07 Å². The lowest BCUT2D eigenvalue weighted by atomic mass is 10.1. The topological polar surface area (TPSA) is 98.0 Å². The van der Waals surface area contributed by atoms with Crippen molar-refractivity contribution in [3.63, 3.8) is 0 Å². The van der Waals surface area contributed by atoms with Gasteiger partial charge in [-0.05, 0) is 11.6 Å². The van der Waals surface area contributed by atoms with Crippen LogP contribution in [0, 0.1) is 11.3 Å². The van der Waals surface area contributed by atoms with E-state index in [1.54, 1.807) is 6.07 Å². The number of anilines is 1. The summed E-state index contributed by atoms with van der Waals surface area (Å²) in [5, 5.41) is 8.68. The molecule has 86 valence electrons. The van der Waals surface area contributed by atoms with Crippen molar-refractivity contribution in [3.8, 4) is 11.9 Å². The molecule has 0 aromatic carbocycles. The maximum absolute atomic E-state index is 12.0. The van der Waals surface area contributed by atoms with E-state index in [-0.39, 0.29) is 23.5 Å². The second kappa shape index (κ2) is 4.24. The van der Waals surface area contributed by atoms with Crippen LogP contribution in [0.1, 0.15) is 11.1 Å². The first kappa shape index (κ1) is 12.1. The van der Waals surface area contributed by atoms with Crippen LogP contribution in [-0.2, 0) is 6.54 Å². The van der Waals surface area contributed by atoms with Crippen molar-refractivity contribution < 1.29 is 17.9 Å². The summed E-state index contributed by atoms with van der Waals surface area (Å²) in [6.07, 6.45) is -4.93. The fourth-order valence-corrected chi connectivity index (χ4v) is 1.06. The molecular formula is C8H7F3N4O. The Labute approximate surface area is 88.4 Å². The molecule has 0 radical (unpaired) electrons. The van der Waals surface area contributed by atoms with Crippen molar-refractivity contribution in [2.45, 2.75) is 12.9 Å².